The Morgan fingerprint density at radius 1 is 1.03 bits per heavy atom. The van der Waals surface area contributed by atoms with Gasteiger partial charge in [0, 0.05) is 24.0 Å². The quantitative estimate of drug-likeness (QED) is 0.314. The third kappa shape index (κ3) is 5.60. The summed E-state index contributed by atoms with van der Waals surface area (Å²) in [5, 5.41) is 13.8. The molecule has 3 aromatic rings. The maximum atomic E-state index is 12.3. The number of benzene rings is 3. The molecule has 0 atom stereocenters. The van der Waals surface area contributed by atoms with Crippen molar-refractivity contribution in [2.45, 2.75) is 0 Å². The fourth-order valence-electron chi connectivity index (χ4n) is 2.50. The molecule has 29 heavy (non-hydrogen) atoms. The van der Waals surface area contributed by atoms with E-state index in [1.165, 1.54) is 12.1 Å². The summed E-state index contributed by atoms with van der Waals surface area (Å²) in [5.41, 5.74) is 2.53. The number of allylic oxidation sites excluding steroid dienone is 1. The van der Waals surface area contributed by atoms with Crippen molar-refractivity contribution in [2.75, 3.05) is 5.32 Å². The number of nitro benzene ring substituents is 1. The van der Waals surface area contributed by atoms with E-state index in [4.69, 9.17) is 11.6 Å². The van der Waals surface area contributed by atoms with Crippen LogP contribution in [0.4, 0.5) is 17.1 Å². The summed E-state index contributed by atoms with van der Waals surface area (Å²) < 4.78 is 0. The van der Waals surface area contributed by atoms with E-state index in [1.807, 2.05) is 0 Å². The first-order chi connectivity index (χ1) is 14.0. The molecule has 7 heteroatoms. The number of aliphatic imine (C=N–C) groups is 1. The predicted molar refractivity (Wildman–Crippen MR) is 116 cm³/mol. The van der Waals surface area contributed by atoms with Crippen molar-refractivity contribution < 1.29 is 9.72 Å². The largest absolute Gasteiger partial charge is 0.322 e. The minimum atomic E-state index is -0.438. The van der Waals surface area contributed by atoms with Crippen LogP contribution in [0.2, 0.25) is 5.02 Å². The molecular weight excluding hydrogens is 390 g/mol. The standard InChI is InChI=1S/C22H16ClN3O3/c23-21-9-2-1-8-20(21)22(27)25-18-7-3-6-17(15-18)24-14-4-5-16-10-12-19(13-11-16)26(28)29/h1-15H,(H,25,27). The van der Waals surface area contributed by atoms with Crippen LogP contribution in [0.1, 0.15) is 15.9 Å². The first kappa shape index (κ1) is 20.0. The van der Waals surface area contributed by atoms with Gasteiger partial charge in [0.25, 0.3) is 11.6 Å². The van der Waals surface area contributed by atoms with Crippen LogP contribution in [0.3, 0.4) is 0 Å². The van der Waals surface area contributed by atoms with E-state index in [2.05, 4.69) is 10.3 Å². The van der Waals surface area contributed by atoms with Gasteiger partial charge in [0.05, 0.1) is 21.2 Å². The van der Waals surface area contributed by atoms with Gasteiger partial charge >= 0.3 is 0 Å². The van der Waals surface area contributed by atoms with E-state index in [9.17, 15) is 14.9 Å². The smallest absolute Gasteiger partial charge is 0.269 e. The second-order valence-corrected chi connectivity index (χ2v) is 6.38. The maximum absolute atomic E-state index is 12.3. The summed E-state index contributed by atoms with van der Waals surface area (Å²) in [4.78, 5) is 26.9. The number of nitro groups is 1. The van der Waals surface area contributed by atoms with Crippen LogP contribution in [0, 0.1) is 10.1 Å². The third-order valence-electron chi connectivity index (χ3n) is 3.92. The number of nitrogens with one attached hydrogen (secondary N) is 1. The molecule has 0 spiro atoms. The SMILES string of the molecule is O=C(Nc1cccc(N=CC=Cc2ccc([N+](=O)[O-])cc2)c1)c1ccccc1Cl. The van der Waals surface area contributed by atoms with Gasteiger partial charge in [-0.3, -0.25) is 19.9 Å². The van der Waals surface area contributed by atoms with Crippen molar-refractivity contribution >= 4 is 46.9 Å². The summed E-state index contributed by atoms with van der Waals surface area (Å²) >= 11 is 6.05. The number of non-ortho nitro benzene ring substituents is 1. The lowest BCUT2D eigenvalue weighted by Crippen LogP contribution is -2.12. The molecule has 0 unspecified atom stereocenters. The summed E-state index contributed by atoms with van der Waals surface area (Å²) in [6, 6.07) is 20.1. The highest BCUT2D eigenvalue weighted by atomic mass is 35.5. The predicted octanol–water partition coefficient (Wildman–Crippen LogP) is 5.92. The summed E-state index contributed by atoms with van der Waals surface area (Å²) in [6.45, 7) is 0. The number of nitrogens with zero attached hydrogens (tertiary/aromatic N) is 2. The summed E-state index contributed by atoms with van der Waals surface area (Å²) in [5.74, 6) is -0.296. The molecule has 144 valence electrons. The number of halogens is 1. The van der Waals surface area contributed by atoms with Gasteiger partial charge in [-0.2, -0.15) is 0 Å². The van der Waals surface area contributed by atoms with Gasteiger partial charge in [-0.05, 0) is 54.1 Å². The minimum Gasteiger partial charge on any atom is -0.322 e. The lowest BCUT2D eigenvalue weighted by atomic mass is 10.2. The number of amides is 1. The van der Waals surface area contributed by atoms with Crippen LogP contribution >= 0.6 is 11.6 Å². The van der Waals surface area contributed by atoms with Gasteiger partial charge in [0.2, 0.25) is 0 Å². The van der Waals surface area contributed by atoms with Gasteiger partial charge in [-0.1, -0.05) is 35.9 Å². The van der Waals surface area contributed by atoms with E-state index in [0.29, 0.717) is 22.0 Å². The normalized spacial score (nSPS) is 11.1. The van der Waals surface area contributed by atoms with Crippen molar-refractivity contribution in [3.8, 4) is 0 Å². The lowest BCUT2D eigenvalue weighted by Gasteiger charge is -2.07. The highest BCUT2D eigenvalue weighted by molar-refractivity contribution is 6.34. The van der Waals surface area contributed by atoms with Gasteiger partial charge in [0.1, 0.15) is 0 Å². The molecule has 0 bridgehead atoms. The molecule has 0 heterocycles. The second kappa shape index (κ2) is 9.43. The molecule has 3 aromatic carbocycles. The molecule has 0 radical (unpaired) electrons. The Morgan fingerprint density at radius 2 is 1.79 bits per heavy atom. The van der Waals surface area contributed by atoms with Crippen LogP contribution in [-0.2, 0) is 0 Å². The number of rotatable bonds is 6. The van der Waals surface area contributed by atoms with Crippen molar-refractivity contribution in [2.24, 2.45) is 4.99 Å². The molecule has 0 saturated carbocycles. The molecule has 1 amide bonds. The molecule has 6 nitrogen and oxygen atoms in total. The van der Waals surface area contributed by atoms with E-state index in [1.54, 1.807) is 79.0 Å². The van der Waals surface area contributed by atoms with Crippen molar-refractivity contribution in [1.29, 1.82) is 0 Å². The van der Waals surface area contributed by atoms with Crippen LogP contribution in [-0.4, -0.2) is 17.0 Å². The Bertz CT molecular complexity index is 1090. The molecule has 1 N–H and O–H groups in total. The first-order valence-corrected chi connectivity index (χ1v) is 9.02. The summed E-state index contributed by atoms with van der Waals surface area (Å²) in [6.07, 6.45) is 5.13. The number of hydrogen-bond donors (Lipinski definition) is 1. The van der Waals surface area contributed by atoms with Gasteiger partial charge in [0.15, 0.2) is 0 Å². The van der Waals surface area contributed by atoms with Gasteiger partial charge in [-0.25, -0.2) is 0 Å². The monoisotopic (exact) mass is 405 g/mol. The van der Waals surface area contributed by atoms with Gasteiger partial charge in [-0.15, -0.1) is 0 Å². The Kier molecular flexibility index (Phi) is 6.50. The number of anilines is 1. The molecule has 0 fully saturated rings. The average molecular weight is 406 g/mol. The highest BCUT2D eigenvalue weighted by Gasteiger charge is 2.09. The topological polar surface area (TPSA) is 84.6 Å². The van der Waals surface area contributed by atoms with E-state index < -0.39 is 4.92 Å². The molecule has 0 saturated heterocycles. The molecular formula is C22H16ClN3O3. The second-order valence-electron chi connectivity index (χ2n) is 5.97. The zero-order valence-corrected chi connectivity index (χ0v) is 15.9. The zero-order chi connectivity index (χ0) is 20.6. The van der Waals surface area contributed by atoms with E-state index in [0.717, 1.165) is 5.56 Å². The fourth-order valence-corrected chi connectivity index (χ4v) is 2.72. The van der Waals surface area contributed by atoms with Crippen LogP contribution in [0.15, 0.2) is 83.9 Å². The van der Waals surface area contributed by atoms with Crippen molar-refractivity contribution in [3.63, 3.8) is 0 Å². The average Bonchev–Trinajstić information content (AvgIpc) is 2.72. The number of carbonyl (C=O) groups excluding carboxylic acids is 1. The first-order valence-electron chi connectivity index (χ1n) is 8.64. The molecule has 0 aliphatic rings. The minimum absolute atomic E-state index is 0.0477. The molecule has 0 aliphatic heterocycles. The van der Waals surface area contributed by atoms with Crippen LogP contribution < -0.4 is 5.32 Å². The number of carbonyl (C=O) groups is 1. The van der Waals surface area contributed by atoms with Gasteiger partial charge < -0.3 is 5.32 Å². The Morgan fingerprint density at radius 3 is 2.52 bits per heavy atom. The Balaban J connectivity index is 1.64. The molecule has 0 aliphatic carbocycles. The van der Waals surface area contributed by atoms with E-state index >= 15 is 0 Å². The zero-order valence-electron chi connectivity index (χ0n) is 15.2. The Hall–Kier alpha value is -3.77. The maximum Gasteiger partial charge on any atom is 0.269 e. The van der Waals surface area contributed by atoms with Crippen molar-refractivity contribution in [3.05, 3.63) is 105 Å². The number of hydrogen-bond acceptors (Lipinski definition) is 4. The molecule has 3 rings (SSSR count). The lowest BCUT2D eigenvalue weighted by molar-refractivity contribution is -0.384. The fraction of sp³-hybridized carbons (Fsp3) is 0. The van der Waals surface area contributed by atoms with E-state index in [-0.39, 0.29) is 11.6 Å². The Labute approximate surface area is 172 Å². The third-order valence-corrected chi connectivity index (χ3v) is 4.25. The molecule has 0 aromatic heterocycles. The van der Waals surface area contributed by atoms with Crippen molar-refractivity contribution in [1.82, 2.24) is 0 Å². The summed E-state index contributed by atoms with van der Waals surface area (Å²) in [7, 11) is 0. The van der Waals surface area contributed by atoms with Crippen LogP contribution in [0.25, 0.3) is 6.08 Å². The highest BCUT2D eigenvalue weighted by Crippen LogP contribution is 2.21. The van der Waals surface area contributed by atoms with Crippen LogP contribution in [0.5, 0.6) is 0 Å².